The highest BCUT2D eigenvalue weighted by Crippen LogP contribution is 2.42. The zero-order chi connectivity index (χ0) is 107. The molecule has 1 saturated heterocycles. The summed E-state index contributed by atoms with van der Waals surface area (Å²) in [5.41, 5.74) is 15.1. The van der Waals surface area contributed by atoms with Gasteiger partial charge in [-0.1, -0.05) is 204 Å². The number of aryl methyl sites for hydroxylation is 6. The van der Waals surface area contributed by atoms with E-state index < -0.39 is 82.7 Å². The monoisotopic (exact) mass is 2120 g/mol. The maximum atomic E-state index is 13.8. The number of anilines is 7. The highest BCUT2D eigenvalue weighted by molar-refractivity contribution is 7.94. The summed E-state index contributed by atoms with van der Waals surface area (Å²) in [5, 5.41) is 14.2. The standard InChI is InChI=1S/C30H33FN4O4S.2C29H31FN2O4S.C27H28FN3O4S/c1-22-6-12-26(13-7-22)40(38,39)35-27-5-3-2-4-23(27)20-29(36)28(35)21-30(37)32-24-8-10-25(11-9-24)34-18-16-33(15-14-31)17-19-34;2*1-21-8-14-25(15-9-21)37(35,36)32-26-7-3-2-6-24(26)19-28(33)27(32)20-29(34)31-18-16-23-12-10-22(11-13-23)5-4-17-30;1-19-6-12-23(13-7-19)36(34,35)31-24-5-3-2-4-21(24)16-26(32)25(31)17-27(33)30-18-20-8-10-22(11-9-20)29-15-14-28/h2-13,28H,14-21H2,1H3,(H,32,37);2*2-3,6-15,27H,4-5,16-20H2,1H3,(H,31,34);2-13,25,29H,14-18H2,1H3,(H,30,33)/t28-;2*27-;25-/m1111/s1/i;30-1;;. The van der Waals surface area contributed by atoms with Crippen LogP contribution in [0, 0.1) is 27.7 Å². The van der Waals surface area contributed by atoms with Gasteiger partial charge in [-0.25, -0.2) is 42.5 Å². The Morgan fingerprint density at radius 1 is 0.300 bits per heavy atom. The number of carbonyl (C=O) groups excluding carboxylic acids is 8. The molecule has 5 aliphatic rings. The summed E-state index contributed by atoms with van der Waals surface area (Å²) >= 11 is 0. The number of carbonyl (C=O) groups is 8. The minimum absolute atomic E-state index is 0.0569. The van der Waals surface area contributed by atoms with Gasteiger partial charge in [0.15, 0.2) is 23.1 Å². The van der Waals surface area contributed by atoms with Crippen LogP contribution in [0.1, 0.15) is 111 Å². The minimum atomic E-state index is -4.12. The van der Waals surface area contributed by atoms with E-state index in [1.807, 2.05) is 88.4 Å². The fourth-order valence-electron chi connectivity index (χ4n) is 18.5. The fraction of sp³-hybridized carbons (Fsp3) is 0.304. The molecule has 35 heteroatoms. The first-order valence-electron chi connectivity index (χ1n) is 49.9. The molecule has 27 nitrogen and oxygen atoms in total. The van der Waals surface area contributed by atoms with Crippen molar-refractivity contribution in [3.05, 3.63) is 364 Å². The van der Waals surface area contributed by atoms with E-state index in [1.165, 1.54) is 48.5 Å². The topological polar surface area (TPSA) is 353 Å². The first-order valence-corrected chi connectivity index (χ1v) is 55.7. The number of ketones is 4. The van der Waals surface area contributed by atoms with E-state index in [0.29, 0.717) is 109 Å². The highest BCUT2D eigenvalue weighted by Gasteiger charge is 2.47. The first kappa shape index (κ1) is 111. The van der Waals surface area contributed by atoms with Crippen LogP contribution in [-0.2, 0) is 136 Å². The smallest absolute Gasteiger partial charge is 0.265 e. The molecule has 0 saturated carbocycles. The number of alkyl halides is 4. The zero-order valence-electron chi connectivity index (χ0n) is 84.0. The van der Waals surface area contributed by atoms with Crippen molar-refractivity contribution in [1.29, 1.82) is 0 Å². The Balaban J connectivity index is 0.000000158. The molecular weight excluding hydrogens is 1990 g/mol. The number of piperazine rings is 1. The van der Waals surface area contributed by atoms with Crippen LogP contribution in [0.4, 0.5) is 57.4 Å². The lowest BCUT2D eigenvalue weighted by Gasteiger charge is -2.36. The molecule has 0 spiro atoms. The van der Waals surface area contributed by atoms with E-state index in [9.17, 15) is 89.6 Å². The van der Waals surface area contributed by atoms with Crippen molar-refractivity contribution in [2.45, 2.75) is 168 Å². The predicted molar refractivity (Wildman–Crippen MR) is 575 cm³/mol. The molecule has 17 rings (SSSR count). The van der Waals surface area contributed by atoms with Gasteiger partial charge in [-0.3, -0.25) is 69.3 Å². The maximum absolute atomic E-state index is 13.8. The summed E-state index contributed by atoms with van der Waals surface area (Å²) in [7, 11) is -16.4. The fourth-order valence-corrected chi connectivity index (χ4v) is 25.2. The number of Topliss-reactive ketones (excluding diaryl/α,β-unsaturated/α-hetero) is 4. The predicted octanol–water partition coefficient (Wildman–Crippen LogP) is 16.2. The Hall–Kier alpha value is -14.5. The number of benzene rings is 12. The molecule has 0 radical (unpaired) electrons. The molecule has 786 valence electrons. The third-order valence-corrected chi connectivity index (χ3v) is 34.0. The largest absolute Gasteiger partial charge is 0.382 e. The van der Waals surface area contributed by atoms with E-state index in [2.05, 4.69) is 36.4 Å². The van der Waals surface area contributed by atoms with E-state index in [-0.39, 0.29) is 139 Å². The number of hydrogen-bond donors (Lipinski definition) is 5. The minimum Gasteiger partial charge on any atom is -0.382 e. The second kappa shape index (κ2) is 51.6. The van der Waals surface area contributed by atoms with Crippen LogP contribution < -0.4 is 48.7 Å². The molecule has 0 unspecified atom stereocenters. The Labute approximate surface area is 874 Å². The van der Waals surface area contributed by atoms with Gasteiger partial charge in [-0.2, -0.15) is 0 Å². The number of nitrogens with zero attached hydrogens (tertiary/aromatic N) is 6. The molecule has 0 aromatic heterocycles. The van der Waals surface area contributed by atoms with E-state index >= 15 is 0 Å². The summed E-state index contributed by atoms with van der Waals surface area (Å²) in [6.07, 6.45) is 2.67. The maximum Gasteiger partial charge on any atom is 0.265 e. The summed E-state index contributed by atoms with van der Waals surface area (Å²) in [4.78, 5) is 109. The highest BCUT2D eigenvalue weighted by atomic mass is 32.2. The van der Waals surface area contributed by atoms with Gasteiger partial charge >= 0.3 is 0 Å². The van der Waals surface area contributed by atoms with E-state index in [0.717, 1.165) is 105 Å². The van der Waals surface area contributed by atoms with Gasteiger partial charge in [-0.05, 0) is 225 Å². The number of sulfonamides is 4. The SMILES string of the molecule is Cc1ccc(S(=O)(=O)N2c3ccccc3CC(=O)[C@H]2CC(=O)NCCc2ccc(CCCF)cc2)cc1.Cc1ccc(S(=O)(=O)N2c3ccccc3CC(=O)[C@H]2CC(=O)NCCc2ccc(CCC[18F])cc2)cc1.Cc1ccc(S(=O)(=O)N2c3ccccc3CC(=O)[C@H]2CC(=O)NCc2ccc(NCCF)cc2)cc1.Cc1ccc(S(=O)(=O)N2c3ccccc3CC(=O)[C@H]2CC(=O)Nc2ccc(N3CCN(CCF)CC3)cc2)cc1. The van der Waals surface area contributed by atoms with Crippen molar-refractivity contribution in [1.82, 2.24) is 20.9 Å². The van der Waals surface area contributed by atoms with Crippen molar-refractivity contribution in [2.75, 3.05) is 112 Å². The summed E-state index contributed by atoms with van der Waals surface area (Å²) in [5.74, 6) is -2.94. The molecule has 150 heavy (non-hydrogen) atoms. The van der Waals surface area contributed by atoms with Crippen LogP contribution in [0.3, 0.4) is 0 Å². The van der Waals surface area contributed by atoms with Gasteiger partial charge in [0, 0.05) is 102 Å². The quantitative estimate of drug-likeness (QED) is 0.0226. The second-order valence-corrected chi connectivity index (χ2v) is 44.8. The average Bonchev–Trinajstić information content (AvgIpc) is 0.758. The van der Waals surface area contributed by atoms with Gasteiger partial charge in [0.1, 0.15) is 37.5 Å². The molecule has 5 aliphatic heterocycles. The molecular formula is C115H123F4N11O16S4. The van der Waals surface area contributed by atoms with Gasteiger partial charge < -0.3 is 31.5 Å². The van der Waals surface area contributed by atoms with Crippen molar-refractivity contribution in [3.8, 4) is 0 Å². The Morgan fingerprint density at radius 3 is 0.893 bits per heavy atom. The van der Waals surface area contributed by atoms with Crippen LogP contribution in [-0.4, -0.2) is 189 Å². The lowest BCUT2D eigenvalue weighted by atomic mass is 9.94. The van der Waals surface area contributed by atoms with Gasteiger partial charge in [-0.15, -0.1) is 0 Å². The normalized spacial score (nSPS) is 16.0. The number of fused-ring (bicyclic) bond motifs is 4. The lowest BCUT2D eigenvalue weighted by molar-refractivity contribution is -0.126. The Kier molecular flexibility index (Phi) is 38.2. The molecule has 4 atom stereocenters. The number of nitrogens with one attached hydrogen (secondary N) is 5. The molecule has 12 aromatic rings. The van der Waals surface area contributed by atoms with Crippen molar-refractivity contribution in [3.63, 3.8) is 0 Å². The summed E-state index contributed by atoms with van der Waals surface area (Å²) < 4.78 is 164. The third kappa shape index (κ3) is 28.3. The molecule has 0 aliphatic carbocycles. The van der Waals surface area contributed by atoms with E-state index in [1.54, 1.807) is 182 Å². The van der Waals surface area contributed by atoms with E-state index in [4.69, 9.17) is 0 Å². The van der Waals surface area contributed by atoms with Crippen molar-refractivity contribution < 1.29 is 89.6 Å². The first-order chi connectivity index (χ1) is 72.1. The Bertz CT molecular complexity index is 7030. The molecule has 5 N–H and O–H groups in total. The van der Waals surface area contributed by atoms with Gasteiger partial charge in [0.05, 0.1) is 81.4 Å². The van der Waals surface area contributed by atoms with Crippen LogP contribution >= 0.6 is 0 Å². The number of amides is 4. The molecule has 4 amide bonds. The summed E-state index contributed by atoms with van der Waals surface area (Å²) in [6.45, 7) is 10.7. The van der Waals surface area contributed by atoms with Crippen molar-refractivity contribution in [2.24, 2.45) is 0 Å². The van der Waals surface area contributed by atoms with Crippen LogP contribution in [0.15, 0.2) is 311 Å². The molecule has 5 heterocycles. The van der Waals surface area contributed by atoms with Crippen LogP contribution in [0.2, 0.25) is 0 Å². The van der Waals surface area contributed by atoms with Crippen LogP contribution in [0.25, 0.3) is 0 Å². The van der Waals surface area contributed by atoms with Crippen LogP contribution in [0.5, 0.6) is 0 Å². The second-order valence-electron chi connectivity index (χ2n) is 37.5. The van der Waals surface area contributed by atoms with Crippen molar-refractivity contribution >= 4 is 127 Å². The van der Waals surface area contributed by atoms with Gasteiger partial charge in [0.25, 0.3) is 40.1 Å². The number of hydrogen-bond acceptors (Lipinski definition) is 19. The molecule has 1 fully saturated rings. The zero-order valence-corrected chi connectivity index (χ0v) is 87.2. The third-order valence-electron chi connectivity index (χ3n) is 26.7. The number of rotatable bonds is 37. The van der Waals surface area contributed by atoms with Gasteiger partial charge in [0.2, 0.25) is 23.6 Å². The number of halogens is 4. The number of para-hydroxylation sites is 4. The Morgan fingerprint density at radius 2 is 0.587 bits per heavy atom. The average molecular weight is 2120 g/mol. The lowest BCUT2D eigenvalue weighted by Crippen LogP contribution is -2.51. The molecule has 12 aromatic carbocycles. The molecule has 0 bridgehead atoms. The summed E-state index contributed by atoms with van der Waals surface area (Å²) in [6, 6.07) is 79.1.